The Morgan fingerprint density at radius 2 is 2.11 bits per heavy atom. The molecule has 0 saturated carbocycles. The van der Waals surface area contributed by atoms with Crippen molar-refractivity contribution >= 4 is 0 Å². The van der Waals surface area contributed by atoms with Crippen LogP contribution < -0.4 is 5.32 Å². The third-order valence-corrected chi connectivity index (χ3v) is 4.25. The fraction of sp³-hybridized carbons (Fsp3) is 0.625. The Kier molecular flexibility index (Phi) is 4.41. The van der Waals surface area contributed by atoms with E-state index >= 15 is 0 Å². The van der Waals surface area contributed by atoms with Crippen molar-refractivity contribution in [3.63, 3.8) is 0 Å². The summed E-state index contributed by atoms with van der Waals surface area (Å²) in [6.07, 6.45) is 1.60. The zero-order chi connectivity index (χ0) is 13.1. The number of aryl methyl sites for hydroxylation is 2. The van der Waals surface area contributed by atoms with Gasteiger partial charge in [0.2, 0.25) is 0 Å². The van der Waals surface area contributed by atoms with Crippen molar-refractivity contribution in [3.05, 3.63) is 34.9 Å². The van der Waals surface area contributed by atoms with Crippen LogP contribution >= 0.6 is 0 Å². The molecule has 1 N–H and O–H groups in total. The van der Waals surface area contributed by atoms with Crippen molar-refractivity contribution in [3.8, 4) is 0 Å². The summed E-state index contributed by atoms with van der Waals surface area (Å²) in [6, 6.07) is 7.15. The first-order valence-electron chi connectivity index (χ1n) is 7.00. The quantitative estimate of drug-likeness (QED) is 0.880. The van der Waals surface area contributed by atoms with Gasteiger partial charge in [-0.25, -0.2) is 0 Å². The normalized spacial score (nSPS) is 25.3. The molecule has 1 heterocycles. The highest BCUT2D eigenvalue weighted by Crippen LogP contribution is 2.21. The first kappa shape index (κ1) is 13.6. The van der Waals surface area contributed by atoms with E-state index in [2.05, 4.69) is 51.2 Å². The van der Waals surface area contributed by atoms with Gasteiger partial charge in [-0.15, -0.1) is 0 Å². The zero-order valence-electron chi connectivity index (χ0n) is 12.0. The van der Waals surface area contributed by atoms with Crippen LogP contribution in [0, 0.1) is 19.8 Å². The number of benzene rings is 1. The van der Waals surface area contributed by atoms with Gasteiger partial charge < -0.3 is 10.1 Å². The van der Waals surface area contributed by atoms with Crippen molar-refractivity contribution in [2.75, 3.05) is 13.2 Å². The van der Waals surface area contributed by atoms with Gasteiger partial charge in [0.05, 0.1) is 6.10 Å². The van der Waals surface area contributed by atoms with E-state index in [1.807, 2.05) is 0 Å². The average Bonchev–Trinajstić information content (AvgIpc) is 2.75. The summed E-state index contributed by atoms with van der Waals surface area (Å²) in [5.41, 5.74) is 4.12. The molecule has 1 fully saturated rings. The largest absolute Gasteiger partial charge is 0.378 e. The van der Waals surface area contributed by atoms with Crippen molar-refractivity contribution in [2.45, 2.75) is 46.3 Å². The number of ether oxygens (including phenoxy) is 1. The highest BCUT2D eigenvalue weighted by atomic mass is 16.5. The summed E-state index contributed by atoms with van der Waals surface area (Å²) in [5.74, 6) is 0.666. The standard InChI is InChI=1S/C16H25NO/c1-11-5-6-15(9-12(11)2)13(3)17-10-16-7-8-18-14(16)4/h5-6,9,13-14,16-17H,7-8,10H2,1-4H3. The predicted molar refractivity (Wildman–Crippen MR) is 75.9 cm³/mol. The Morgan fingerprint density at radius 1 is 1.33 bits per heavy atom. The molecule has 1 aliphatic rings. The SMILES string of the molecule is Cc1ccc(C(C)NCC2CCOC2C)cc1C. The molecule has 2 heteroatoms. The average molecular weight is 247 g/mol. The minimum absolute atomic E-state index is 0.407. The van der Waals surface area contributed by atoms with Crippen LogP contribution in [-0.4, -0.2) is 19.3 Å². The van der Waals surface area contributed by atoms with Gasteiger partial charge in [-0.05, 0) is 56.7 Å². The molecule has 18 heavy (non-hydrogen) atoms. The molecule has 1 aromatic carbocycles. The number of hydrogen-bond donors (Lipinski definition) is 1. The molecule has 2 rings (SSSR count). The first-order valence-corrected chi connectivity index (χ1v) is 7.00. The molecular weight excluding hydrogens is 222 g/mol. The van der Waals surface area contributed by atoms with Crippen LogP contribution in [0.2, 0.25) is 0 Å². The Morgan fingerprint density at radius 3 is 2.72 bits per heavy atom. The van der Waals surface area contributed by atoms with E-state index in [-0.39, 0.29) is 0 Å². The van der Waals surface area contributed by atoms with Gasteiger partial charge in [-0.2, -0.15) is 0 Å². The van der Waals surface area contributed by atoms with E-state index in [0.29, 0.717) is 18.1 Å². The molecule has 0 amide bonds. The molecule has 100 valence electrons. The van der Waals surface area contributed by atoms with E-state index < -0.39 is 0 Å². The lowest BCUT2D eigenvalue weighted by molar-refractivity contribution is 0.105. The van der Waals surface area contributed by atoms with Crippen LogP contribution in [0.5, 0.6) is 0 Å². The minimum atomic E-state index is 0.407. The summed E-state index contributed by atoms with van der Waals surface area (Å²) in [4.78, 5) is 0. The van der Waals surface area contributed by atoms with Crippen LogP contribution in [-0.2, 0) is 4.74 Å². The predicted octanol–water partition coefficient (Wildman–Crippen LogP) is 3.38. The van der Waals surface area contributed by atoms with E-state index in [1.54, 1.807) is 0 Å². The maximum Gasteiger partial charge on any atom is 0.0588 e. The summed E-state index contributed by atoms with van der Waals surface area (Å²) >= 11 is 0. The van der Waals surface area contributed by atoms with Crippen molar-refractivity contribution in [2.24, 2.45) is 5.92 Å². The van der Waals surface area contributed by atoms with E-state index in [9.17, 15) is 0 Å². The maximum atomic E-state index is 5.60. The third kappa shape index (κ3) is 3.12. The molecule has 0 bridgehead atoms. The van der Waals surface area contributed by atoms with Gasteiger partial charge in [0.25, 0.3) is 0 Å². The monoisotopic (exact) mass is 247 g/mol. The minimum Gasteiger partial charge on any atom is -0.378 e. The second-order valence-electron chi connectivity index (χ2n) is 5.60. The van der Waals surface area contributed by atoms with Gasteiger partial charge in [0.1, 0.15) is 0 Å². The molecule has 3 atom stereocenters. The molecule has 1 saturated heterocycles. The van der Waals surface area contributed by atoms with Crippen LogP contribution in [0.25, 0.3) is 0 Å². The molecule has 1 aromatic rings. The summed E-state index contributed by atoms with van der Waals surface area (Å²) in [5, 5.41) is 3.64. The van der Waals surface area contributed by atoms with Crippen LogP contribution in [0.15, 0.2) is 18.2 Å². The number of rotatable bonds is 4. The second-order valence-corrected chi connectivity index (χ2v) is 5.60. The smallest absolute Gasteiger partial charge is 0.0588 e. The third-order valence-electron chi connectivity index (χ3n) is 4.25. The molecule has 3 unspecified atom stereocenters. The molecule has 0 aliphatic carbocycles. The number of hydrogen-bond acceptors (Lipinski definition) is 2. The molecular formula is C16H25NO. The van der Waals surface area contributed by atoms with Crippen molar-refractivity contribution in [1.82, 2.24) is 5.32 Å². The second kappa shape index (κ2) is 5.85. The Balaban J connectivity index is 1.90. The Bertz CT molecular complexity index is 402. The first-order chi connectivity index (χ1) is 8.58. The highest BCUT2D eigenvalue weighted by molar-refractivity contribution is 5.31. The number of nitrogens with one attached hydrogen (secondary N) is 1. The molecule has 2 nitrogen and oxygen atoms in total. The highest BCUT2D eigenvalue weighted by Gasteiger charge is 2.24. The van der Waals surface area contributed by atoms with E-state index in [0.717, 1.165) is 13.2 Å². The van der Waals surface area contributed by atoms with Gasteiger partial charge in [0, 0.05) is 19.2 Å². The van der Waals surface area contributed by atoms with Gasteiger partial charge in [-0.1, -0.05) is 18.2 Å². The van der Waals surface area contributed by atoms with Crippen LogP contribution in [0.3, 0.4) is 0 Å². The molecule has 0 radical (unpaired) electrons. The van der Waals surface area contributed by atoms with Gasteiger partial charge >= 0.3 is 0 Å². The summed E-state index contributed by atoms with van der Waals surface area (Å²) in [7, 11) is 0. The topological polar surface area (TPSA) is 21.3 Å². The molecule has 0 spiro atoms. The maximum absolute atomic E-state index is 5.60. The van der Waals surface area contributed by atoms with Crippen molar-refractivity contribution in [1.29, 1.82) is 0 Å². The lowest BCUT2D eigenvalue weighted by Gasteiger charge is -2.20. The summed E-state index contributed by atoms with van der Waals surface area (Å²) < 4.78 is 5.60. The fourth-order valence-electron chi connectivity index (χ4n) is 2.52. The van der Waals surface area contributed by atoms with Crippen LogP contribution in [0.1, 0.15) is 43.0 Å². The fourth-order valence-corrected chi connectivity index (χ4v) is 2.52. The van der Waals surface area contributed by atoms with Crippen molar-refractivity contribution < 1.29 is 4.74 Å². The Hall–Kier alpha value is -0.860. The molecule has 1 aliphatic heterocycles. The lowest BCUT2D eigenvalue weighted by Crippen LogP contribution is -2.29. The van der Waals surface area contributed by atoms with E-state index in [1.165, 1.54) is 23.1 Å². The molecule has 0 aromatic heterocycles. The summed E-state index contributed by atoms with van der Waals surface area (Å²) in [6.45, 7) is 10.7. The van der Waals surface area contributed by atoms with Crippen LogP contribution in [0.4, 0.5) is 0 Å². The van der Waals surface area contributed by atoms with E-state index in [4.69, 9.17) is 4.74 Å². The van der Waals surface area contributed by atoms with Gasteiger partial charge in [0.15, 0.2) is 0 Å². The lowest BCUT2D eigenvalue weighted by atomic mass is 9.99. The zero-order valence-corrected chi connectivity index (χ0v) is 12.0. The van der Waals surface area contributed by atoms with Gasteiger partial charge in [-0.3, -0.25) is 0 Å². The Labute approximate surface area is 111 Å².